The first-order valence-electron chi connectivity index (χ1n) is 5.90. The van der Waals surface area contributed by atoms with Gasteiger partial charge in [0.1, 0.15) is 11.3 Å². The average Bonchev–Trinajstić information content (AvgIpc) is 2.41. The summed E-state index contributed by atoms with van der Waals surface area (Å²) in [7, 11) is 0. The molecule has 0 aliphatic rings. The summed E-state index contributed by atoms with van der Waals surface area (Å²) in [6.45, 7) is 0. The van der Waals surface area contributed by atoms with Crippen LogP contribution < -0.4 is 0 Å². The van der Waals surface area contributed by atoms with Gasteiger partial charge in [-0.2, -0.15) is 26.3 Å². The minimum absolute atomic E-state index is 0.0389. The highest BCUT2D eigenvalue weighted by Crippen LogP contribution is 2.54. The Morgan fingerprint density at radius 3 is 1.65 bits per heavy atom. The quantitative estimate of drug-likeness (QED) is 0.572. The number of hydrogen-bond acceptors (Lipinski definition) is 1. The second-order valence-corrected chi connectivity index (χ2v) is 5.22. The molecule has 23 heavy (non-hydrogen) atoms. The number of aromatic hydroxyl groups is 1. The highest BCUT2D eigenvalue weighted by atomic mass is 35.5. The number of phenolic OH excluding ortho intramolecular Hbond substituents is 1. The minimum atomic E-state index is -5.49. The summed E-state index contributed by atoms with van der Waals surface area (Å²) in [5.74, 6) is -1.71. The van der Waals surface area contributed by atoms with Crippen molar-refractivity contribution in [2.24, 2.45) is 0 Å². The number of alkyl halides is 6. The molecule has 0 aliphatic heterocycles. The fourth-order valence-corrected chi connectivity index (χ4v) is 2.83. The lowest BCUT2D eigenvalue weighted by molar-refractivity contribution is -0.162. The number of benzene rings is 2. The van der Waals surface area contributed by atoms with Crippen LogP contribution in [0.15, 0.2) is 30.3 Å². The number of hydrogen-bond donors (Lipinski definition) is 1. The standard InChI is InChI=1S/C14H6Cl2F6O/c15-10-7(6-4-2-1-3-5-6)11(16)12(23)9(14(20,21)22)8(10)13(17,18)19/h1-5,23H. The summed E-state index contributed by atoms with van der Waals surface area (Å²) in [5, 5.41) is 7.51. The first-order valence-corrected chi connectivity index (χ1v) is 6.65. The molecule has 1 nitrogen and oxygen atoms in total. The van der Waals surface area contributed by atoms with Crippen LogP contribution in [0.4, 0.5) is 26.3 Å². The lowest BCUT2D eigenvalue weighted by Gasteiger charge is -2.22. The molecule has 0 saturated carbocycles. The summed E-state index contributed by atoms with van der Waals surface area (Å²) in [5.41, 5.74) is -4.96. The molecule has 0 saturated heterocycles. The van der Waals surface area contributed by atoms with E-state index >= 15 is 0 Å². The molecular formula is C14H6Cl2F6O. The Bertz CT molecular complexity index is 738. The molecule has 0 amide bonds. The Kier molecular flexibility index (Phi) is 4.47. The molecular weight excluding hydrogens is 369 g/mol. The predicted octanol–water partition coefficient (Wildman–Crippen LogP) is 6.40. The third-order valence-corrected chi connectivity index (χ3v) is 3.73. The fourth-order valence-electron chi connectivity index (χ4n) is 2.08. The Labute approximate surface area is 136 Å². The maximum atomic E-state index is 13.1. The van der Waals surface area contributed by atoms with Gasteiger partial charge in [-0.15, -0.1) is 0 Å². The van der Waals surface area contributed by atoms with E-state index in [4.69, 9.17) is 23.2 Å². The van der Waals surface area contributed by atoms with Crippen LogP contribution in [0.25, 0.3) is 11.1 Å². The molecule has 0 atom stereocenters. The van der Waals surface area contributed by atoms with Crippen molar-refractivity contribution >= 4 is 23.2 Å². The molecule has 0 heterocycles. The van der Waals surface area contributed by atoms with Crippen molar-refractivity contribution in [2.75, 3.05) is 0 Å². The Hall–Kier alpha value is -1.60. The van der Waals surface area contributed by atoms with Crippen LogP contribution in [-0.2, 0) is 12.4 Å². The largest absolute Gasteiger partial charge is 0.506 e. The molecule has 0 bridgehead atoms. The first kappa shape index (κ1) is 17.7. The monoisotopic (exact) mass is 374 g/mol. The van der Waals surface area contributed by atoms with Crippen LogP contribution >= 0.6 is 23.2 Å². The predicted molar refractivity (Wildman–Crippen MR) is 73.6 cm³/mol. The van der Waals surface area contributed by atoms with E-state index in [0.717, 1.165) is 0 Å². The maximum absolute atomic E-state index is 13.1. The molecule has 0 aromatic heterocycles. The van der Waals surface area contributed by atoms with Crippen molar-refractivity contribution < 1.29 is 31.4 Å². The number of rotatable bonds is 1. The van der Waals surface area contributed by atoms with E-state index in [-0.39, 0.29) is 5.56 Å². The molecule has 124 valence electrons. The van der Waals surface area contributed by atoms with E-state index in [2.05, 4.69) is 0 Å². The van der Waals surface area contributed by atoms with Crippen LogP contribution in [0.1, 0.15) is 11.1 Å². The number of halogens is 8. The van der Waals surface area contributed by atoms with E-state index < -0.39 is 44.8 Å². The van der Waals surface area contributed by atoms with Gasteiger partial charge in [-0.25, -0.2) is 0 Å². The molecule has 2 aromatic carbocycles. The van der Waals surface area contributed by atoms with Gasteiger partial charge in [-0.3, -0.25) is 0 Å². The van der Waals surface area contributed by atoms with Crippen LogP contribution in [-0.4, -0.2) is 5.11 Å². The van der Waals surface area contributed by atoms with Crippen molar-refractivity contribution in [3.05, 3.63) is 51.5 Å². The van der Waals surface area contributed by atoms with Crippen molar-refractivity contribution in [3.63, 3.8) is 0 Å². The summed E-state index contributed by atoms with van der Waals surface area (Å²) >= 11 is 11.3. The fraction of sp³-hybridized carbons (Fsp3) is 0.143. The van der Waals surface area contributed by atoms with Crippen LogP contribution in [0.5, 0.6) is 5.75 Å². The van der Waals surface area contributed by atoms with Crippen molar-refractivity contribution in [1.29, 1.82) is 0 Å². The second-order valence-electron chi connectivity index (χ2n) is 4.46. The molecule has 0 unspecified atom stereocenters. The van der Waals surface area contributed by atoms with Gasteiger partial charge in [0.25, 0.3) is 0 Å². The van der Waals surface area contributed by atoms with Gasteiger partial charge in [0.05, 0.1) is 15.6 Å². The SMILES string of the molecule is Oc1c(Cl)c(-c2ccccc2)c(Cl)c(C(F)(F)F)c1C(F)(F)F. The lowest BCUT2D eigenvalue weighted by atomic mass is 9.96. The van der Waals surface area contributed by atoms with Crippen molar-refractivity contribution in [2.45, 2.75) is 12.4 Å². The van der Waals surface area contributed by atoms with Crippen LogP contribution in [0, 0.1) is 0 Å². The zero-order valence-electron chi connectivity index (χ0n) is 10.9. The van der Waals surface area contributed by atoms with E-state index in [9.17, 15) is 31.4 Å². The molecule has 0 spiro atoms. The lowest BCUT2D eigenvalue weighted by Crippen LogP contribution is -2.18. The van der Waals surface area contributed by atoms with Gasteiger partial charge in [-0.1, -0.05) is 53.5 Å². The Morgan fingerprint density at radius 1 is 0.739 bits per heavy atom. The smallest absolute Gasteiger partial charge is 0.420 e. The third-order valence-electron chi connectivity index (χ3n) is 2.98. The third kappa shape index (κ3) is 3.21. The van der Waals surface area contributed by atoms with Crippen LogP contribution in [0.2, 0.25) is 10.0 Å². The Balaban J connectivity index is 2.97. The van der Waals surface area contributed by atoms with Crippen molar-refractivity contribution in [1.82, 2.24) is 0 Å². The molecule has 2 aromatic rings. The topological polar surface area (TPSA) is 20.2 Å². The minimum Gasteiger partial charge on any atom is -0.506 e. The summed E-state index contributed by atoms with van der Waals surface area (Å²) in [6, 6.07) is 7.02. The van der Waals surface area contributed by atoms with E-state index in [1.165, 1.54) is 24.3 Å². The maximum Gasteiger partial charge on any atom is 0.420 e. The summed E-state index contributed by atoms with van der Waals surface area (Å²) in [6.07, 6.45) is -10.9. The molecule has 0 fully saturated rings. The van der Waals surface area contributed by atoms with Crippen molar-refractivity contribution in [3.8, 4) is 16.9 Å². The zero-order valence-corrected chi connectivity index (χ0v) is 12.4. The molecule has 1 N–H and O–H groups in total. The average molecular weight is 375 g/mol. The normalized spacial score (nSPS) is 12.5. The molecule has 0 aliphatic carbocycles. The van der Waals surface area contributed by atoms with E-state index in [1.54, 1.807) is 6.07 Å². The number of phenols is 1. The van der Waals surface area contributed by atoms with Gasteiger partial charge in [0, 0.05) is 5.56 Å². The molecule has 9 heteroatoms. The summed E-state index contributed by atoms with van der Waals surface area (Å²) < 4.78 is 78.2. The zero-order chi connectivity index (χ0) is 17.6. The van der Waals surface area contributed by atoms with Crippen LogP contribution in [0.3, 0.4) is 0 Å². The van der Waals surface area contributed by atoms with E-state index in [1.807, 2.05) is 0 Å². The second kappa shape index (κ2) is 5.79. The first-order chi connectivity index (χ1) is 10.5. The highest BCUT2D eigenvalue weighted by Gasteiger charge is 2.49. The van der Waals surface area contributed by atoms with Gasteiger partial charge < -0.3 is 5.11 Å². The highest BCUT2D eigenvalue weighted by molar-refractivity contribution is 6.41. The van der Waals surface area contributed by atoms with Gasteiger partial charge in [0.15, 0.2) is 0 Å². The van der Waals surface area contributed by atoms with Gasteiger partial charge in [-0.05, 0) is 5.56 Å². The Morgan fingerprint density at radius 2 is 1.22 bits per heavy atom. The molecule has 2 rings (SSSR count). The summed E-state index contributed by atoms with van der Waals surface area (Å²) in [4.78, 5) is 0. The molecule has 0 radical (unpaired) electrons. The van der Waals surface area contributed by atoms with Gasteiger partial charge >= 0.3 is 12.4 Å². The van der Waals surface area contributed by atoms with E-state index in [0.29, 0.717) is 0 Å². The van der Waals surface area contributed by atoms with Gasteiger partial charge in [0.2, 0.25) is 0 Å².